The summed E-state index contributed by atoms with van der Waals surface area (Å²) in [4.78, 5) is 10.2. The predicted octanol–water partition coefficient (Wildman–Crippen LogP) is 1.44. The maximum atomic E-state index is 13.2. The summed E-state index contributed by atoms with van der Waals surface area (Å²) < 4.78 is 13.2. The Morgan fingerprint density at radius 2 is 2.38 bits per heavy atom. The van der Waals surface area contributed by atoms with Crippen LogP contribution in [-0.4, -0.2) is 16.5 Å². The lowest BCUT2D eigenvalue weighted by molar-refractivity contribution is -0.107. The average Bonchev–Trinajstić information content (AvgIpc) is 2.52. The van der Waals surface area contributed by atoms with Gasteiger partial charge in [0.2, 0.25) is 0 Å². The minimum Gasteiger partial charge on any atom is -0.303 e. The van der Waals surface area contributed by atoms with Gasteiger partial charge in [-0.3, -0.25) is 5.10 Å². The van der Waals surface area contributed by atoms with Gasteiger partial charge in [-0.25, -0.2) is 4.39 Å². The van der Waals surface area contributed by atoms with E-state index in [-0.39, 0.29) is 12.2 Å². The van der Waals surface area contributed by atoms with Gasteiger partial charge in [0.1, 0.15) is 12.1 Å². The van der Waals surface area contributed by atoms with Crippen LogP contribution in [0.4, 0.5) is 4.39 Å². The Kier molecular flexibility index (Phi) is 1.81. The van der Waals surface area contributed by atoms with Crippen molar-refractivity contribution in [3.63, 3.8) is 0 Å². The Balaban J connectivity index is 2.62. The summed E-state index contributed by atoms with van der Waals surface area (Å²) in [6.07, 6.45) is 2.39. The van der Waals surface area contributed by atoms with Crippen LogP contribution in [0.15, 0.2) is 18.3 Å². The number of rotatable bonds is 2. The Hall–Kier alpha value is -1.71. The SMILES string of the molecule is O=CCc1cc2cn[nH]c2cc1F. The maximum Gasteiger partial charge on any atom is 0.129 e. The van der Waals surface area contributed by atoms with E-state index in [9.17, 15) is 9.18 Å². The molecule has 0 aliphatic carbocycles. The third-order valence-electron chi connectivity index (χ3n) is 1.91. The number of hydrogen-bond donors (Lipinski definition) is 1. The molecule has 0 radical (unpaired) electrons. The molecular weight excluding hydrogens is 171 g/mol. The normalized spacial score (nSPS) is 10.5. The van der Waals surface area contributed by atoms with Gasteiger partial charge < -0.3 is 4.79 Å². The molecule has 0 unspecified atom stereocenters. The first-order valence-corrected chi connectivity index (χ1v) is 3.86. The first-order chi connectivity index (χ1) is 6.31. The number of nitrogens with zero attached hydrogens (tertiary/aromatic N) is 1. The van der Waals surface area contributed by atoms with Gasteiger partial charge in [-0.2, -0.15) is 5.10 Å². The minimum atomic E-state index is -0.371. The topological polar surface area (TPSA) is 45.8 Å². The second-order valence-corrected chi connectivity index (χ2v) is 2.77. The molecule has 0 saturated carbocycles. The molecule has 3 nitrogen and oxygen atoms in total. The number of aldehydes is 1. The fraction of sp³-hybridized carbons (Fsp3) is 0.111. The van der Waals surface area contributed by atoms with Crippen LogP contribution in [0.25, 0.3) is 10.9 Å². The lowest BCUT2D eigenvalue weighted by Gasteiger charge is -1.97. The van der Waals surface area contributed by atoms with E-state index in [4.69, 9.17) is 0 Å². The number of aromatic amines is 1. The van der Waals surface area contributed by atoms with E-state index < -0.39 is 0 Å². The average molecular weight is 178 g/mol. The van der Waals surface area contributed by atoms with Crippen LogP contribution in [-0.2, 0) is 11.2 Å². The summed E-state index contributed by atoms with van der Waals surface area (Å²) in [7, 11) is 0. The first-order valence-electron chi connectivity index (χ1n) is 3.86. The Labute approximate surface area is 73.6 Å². The molecule has 0 saturated heterocycles. The molecule has 0 bridgehead atoms. The van der Waals surface area contributed by atoms with E-state index in [1.807, 2.05) is 0 Å². The molecule has 2 rings (SSSR count). The van der Waals surface area contributed by atoms with E-state index in [0.717, 1.165) is 5.39 Å². The molecular formula is C9H7FN2O. The molecule has 1 aromatic heterocycles. The molecule has 4 heteroatoms. The number of hydrogen-bond acceptors (Lipinski definition) is 2. The van der Waals surface area contributed by atoms with Crippen LogP contribution in [0.3, 0.4) is 0 Å². The molecule has 0 fully saturated rings. The lowest BCUT2D eigenvalue weighted by Crippen LogP contribution is -1.90. The fourth-order valence-corrected chi connectivity index (χ4v) is 1.26. The number of carbonyl (C=O) groups is 1. The highest BCUT2D eigenvalue weighted by Gasteiger charge is 2.04. The van der Waals surface area contributed by atoms with Gasteiger partial charge >= 0.3 is 0 Å². The molecule has 0 amide bonds. The number of halogens is 1. The van der Waals surface area contributed by atoms with E-state index in [0.29, 0.717) is 17.4 Å². The molecule has 2 aromatic rings. The number of aromatic nitrogens is 2. The Morgan fingerprint density at radius 1 is 1.54 bits per heavy atom. The summed E-state index contributed by atoms with van der Waals surface area (Å²) in [5.74, 6) is -0.371. The van der Waals surface area contributed by atoms with Crippen LogP contribution in [0.1, 0.15) is 5.56 Å². The first kappa shape index (κ1) is 7.91. The summed E-state index contributed by atoms with van der Waals surface area (Å²) in [6.45, 7) is 0. The summed E-state index contributed by atoms with van der Waals surface area (Å²) in [5.41, 5.74) is 1.05. The molecule has 1 heterocycles. The zero-order valence-electron chi connectivity index (χ0n) is 6.75. The highest BCUT2D eigenvalue weighted by molar-refractivity contribution is 5.79. The molecule has 66 valence electrons. The van der Waals surface area contributed by atoms with Crippen molar-refractivity contribution < 1.29 is 9.18 Å². The summed E-state index contributed by atoms with van der Waals surface area (Å²) in [6, 6.07) is 2.98. The van der Waals surface area contributed by atoms with Crippen molar-refractivity contribution in [2.45, 2.75) is 6.42 Å². The zero-order valence-corrected chi connectivity index (χ0v) is 6.75. The smallest absolute Gasteiger partial charge is 0.129 e. The number of carbonyl (C=O) groups excluding carboxylic acids is 1. The molecule has 0 aliphatic heterocycles. The molecule has 1 aromatic carbocycles. The maximum absolute atomic E-state index is 13.2. The van der Waals surface area contributed by atoms with Crippen molar-refractivity contribution in [1.29, 1.82) is 0 Å². The second kappa shape index (κ2) is 2.97. The van der Waals surface area contributed by atoms with Gasteiger partial charge in [0.15, 0.2) is 0 Å². The van der Waals surface area contributed by atoms with Crippen LogP contribution in [0.2, 0.25) is 0 Å². The highest BCUT2D eigenvalue weighted by Crippen LogP contribution is 2.16. The highest BCUT2D eigenvalue weighted by atomic mass is 19.1. The van der Waals surface area contributed by atoms with Crippen LogP contribution in [0.5, 0.6) is 0 Å². The summed E-state index contributed by atoms with van der Waals surface area (Å²) >= 11 is 0. The van der Waals surface area contributed by atoms with E-state index in [1.54, 1.807) is 12.3 Å². The van der Waals surface area contributed by atoms with E-state index in [1.165, 1.54) is 6.07 Å². The van der Waals surface area contributed by atoms with Gasteiger partial charge in [0.05, 0.1) is 11.7 Å². The molecule has 1 N–H and O–H groups in total. The van der Waals surface area contributed by atoms with Crippen LogP contribution in [0, 0.1) is 5.82 Å². The van der Waals surface area contributed by atoms with Crippen molar-refractivity contribution in [3.05, 3.63) is 29.7 Å². The zero-order chi connectivity index (χ0) is 9.26. The third-order valence-corrected chi connectivity index (χ3v) is 1.91. The van der Waals surface area contributed by atoms with E-state index >= 15 is 0 Å². The molecule has 13 heavy (non-hydrogen) atoms. The van der Waals surface area contributed by atoms with Crippen LogP contribution < -0.4 is 0 Å². The van der Waals surface area contributed by atoms with Gasteiger partial charge in [-0.1, -0.05) is 0 Å². The predicted molar refractivity (Wildman–Crippen MR) is 45.8 cm³/mol. The molecule has 0 atom stereocenters. The Bertz CT molecular complexity index is 450. The Morgan fingerprint density at radius 3 is 3.15 bits per heavy atom. The van der Waals surface area contributed by atoms with Crippen molar-refractivity contribution in [2.75, 3.05) is 0 Å². The number of nitrogens with one attached hydrogen (secondary N) is 1. The lowest BCUT2D eigenvalue weighted by atomic mass is 10.1. The summed E-state index contributed by atoms with van der Waals surface area (Å²) in [5, 5.41) is 7.23. The second-order valence-electron chi connectivity index (χ2n) is 2.77. The van der Waals surface area contributed by atoms with Crippen molar-refractivity contribution >= 4 is 17.2 Å². The van der Waals surface area contributed by atoms with Crippen LogP contribution >= 0.6 is 0 Å². The minimum absolute atomic E-state index is 0.104. The molecule has 0 aliphatic rings. The van der Waals surface area contributed by atoms with Gasteiger partial charge in [0.25, 0.3) is 0 Å². The monoisotopic (exact) mass is 178 g/mol. The van der Waals surface area contributed by atoms with Gasteiger partial charge in [-0.05, 0) is 17.7 Å². The van der Waals surface area contributed by atoms with Crippen molar-refractivity contribution in [1.82, 2.24) is 10.2 Å². The third kappa shape index (κ3) is 1.30. The fourth-order valence-electron chi connectivity index (χ4n) is 1.26. The molecule has 0 spiro atoms. The van der Waals surface area contributed by atoms with Gasteiger partial charge in [-0.15, -0.1) is 0 Å². The standard InChI is InChI=1S/C9H7FN2O/c10-8-4-9-7(5-11-12-9)3-6(8)1-2-13/h2-5H,1H2,(H,11,12). The van der Waals surface area contributed by atoms with Crippen molar-refractivity contribution in [2.24, 2.45) is 0 Å². The quantitative estimate of drug-likeness (QED) is 0.707. The largest absolute Gasteiger partial charge is 0.303 e. The number of benzene rings is 1. The van der Waals surface area contributed by atoms with Gasteiger partial charge in [0, 0.05) is 11.8 Å². The van der Waals surface area contributed by atoms with E-state index in [2.05, 4.69) is 10.2 Å². The number of H-pyrrole nitrogens is 1. The van der Waals surface area contributed by atoms with Crippen molar-refractivity contribution in [3.8, 4) is 0 Å². The number of fused-ring (bicyclic) bond motifs is 1.